The van der Waals surface area contributed by atoms with E-state index < -0.39 is 10.0 Å². The number of thiocarbonyl (C=S) groups is 1. The quantitative estimate of drug-likeness (QED) is 0.486. The molecule has 0 aliphatic carbocycles. The van der Waals surface area contributed by atoms with Gasteiger partial charge in [-0.2, -0.15) is 0 Å². The largest absolute Gasteiger partial charge is 0.496 e. The predicted octanol–water partition coefficient (Wildman–Crippen LogP) is 2.76. The highest BCUT2D eigenvalue weighted by atomic mass is 32.2. The summed E-state index contributed by atoms with van der Waals surface area (Å²) in [4.78, 5) is 12.8. The van der Waals surface area contributed by atoms with Crippen molar-refractivity contribution in [3.05, 3.63) is 53.1 Å². The lowest BCUT2D eigenvalue weighted by Gasteiger charge is -2.21. The van der Waals surface area contributed by atoms with Gasteiger partial charge in [-0.1, -0.05) is 32.9 Å². The summed E-state index contributed by atoms with van der Waals surface area (Å²) >= 11 is 4.89. The van der Waals surface area contributed by atoms with Crippen molar-refractivity contribution in [2.75, 3.05) is 27.8 Å². The van der Waals surface area contributed by atoms with Crippen molar-refractivity contribution in [2.24, 2.45) is 0 Å². The van der Waals surface area contributed by atoms with Gasteiger partial charge in [0, 0.05) is 13.6 Å². The van der Waals surface area contributed by atoms with Gasteiger partial charge in [-0.3, -0.25) is 9.52 Å². The monoisotopic (exact) mass is 493 g/mol. The molecule has 0 spiro atoms. The predicted molar refractivity (Wildman–Crippen MR) is 133 cm³/mol. The molecule has 10 heteroatoms. The lowest BCUT2D eigenvalue weighted by molar-refractivity contribution is 0.0951. The zero-order valence-electron chi connectivity index (χ0n) is 19.7. The average molecular weight is 494 g/mol. The second-order valence-electron chi connectivity index (χ2n) is 8.34. The highest BCUT2D eigenvalue weighted by Crippen LogP contribution is 2.28. The molecule has 0 heterocycles. The third-order valence-electron chi connectivity index (χ3n) is 4.98. The summed E-state index contributed by atoms with van der Waals surface area (Å²) in [5.74, 6) is 0.447. The first kappa shape index (κ1) is 26.4. The SMILES string of the molecule is CNC(=S)NS(=O)(=O)c1ccc(CCNC(=O)c2cc(C(C)(C)C)ccc2OC)cc1OC. The number of rotatable bonds is 8. The number of methoxy groups -OCH3 is 2. The van der Waals surface area contributed by atoms with Gasteiger partial charge in [0.15, 0.2) is 5.11 Å². The van der Waals surface area contributed by atoms with E-state index in [1.807, 2.05) is 12.1 Å². The molecule has 0 aromatic heterocycles. The van der Waals surface area contributed by atoms with Crippen LogP contribution in [0.4, 0.5) is 0 Å². The van der Waals surface area contributed by atoms with Crippen LogP contribution >= 0.6 is 12.2 Å². The number of carbonyl (C=O) groups is 1. The molecule has 0 radical (unpaired) electrons. The summed E-state index contributed by atoms with van der Waals surface area (Å²) < 4.78 is 37.9. The fourth-order valence-electron chi connectivity index (χ4n) is 3.09. The Morgan fingerprint density at radius 1 is 1.03 bits per heavy atom. The molecule has 0 atom stereocenters. The van der Waals surface area contributed by atoms with Crippen LogP contribution in [-0.2, 0) is 21.9 Å². The molecule has 0 aliphatic rings. The van der Waals surface area contributed by atoms with Gasteiger partial charge in [0.05, 0.1) is 19.8 Å². The third-order valence-corrected chi connectivity index (χ3v) is 6.81. The lowest BCUT2D eigenvalue weighted by Crippen LogP contribution is -2.37. The molecular formula is C23H31N3O5S2. The number of ether oxygens (including phenoxy) is 2. The zero-order valence-corrected chi connectivity index (χ0v) is 21.4. The van der Waals surface area contributed by atoms with Crippen molar-refractivity contribution in [3.8, 4) is 11.5 Å². The highest BCUT2D eigenvalue weighted by molar-refractivity contribution is 7.92. The van der Waals surface area contributed by atoms with Crippen molar-refractivity contribution in [2.45, 2.75) is 37.5 Å². The smallest absolute Gasteiger partial charge is 0.267 e. The maximum absolute atomic E-state index is 12.8. The summed E-state index contributed by atoms with van der Waals surface area (Å²) in [5, 5.41) is 5.45. The number of hydrogen-bond donors (Lipinski definition) is 3. The molecule has 8 nitrogen and oxygen atoms in total. The van der Waals surface area contributed by atoms with Crippen LogP contribution in [0.25, 0.3) is 0 Å². The van der Waals surface area contributed by atoms with Gasteiger partial charge in [-0.15, -0.1) is 0 Å². The molecule has 33 heavy (non-hydrogen) atoms. The van der Waals surface area contributed by atoms with Crippen LogP contribution in [0.15, 0.2) is 41.3 Å². The Morgan fingerprint density at radius 2 is 1.70 bits per heavy atom. The van der Waals surface area contributed by atoms with E-state index in [9.17, 15) is 13.2 Å². The van der Waals surface area contributed by atoms with E-state index in [2.05, 4.69) is 36.1 Å². The first-order valence-electron chi connectivity index (χ1n) is 10.3. The number of benzene rings is 2. The molecule has 180 valence electrons. The van der Waals surface area contributed by atoms with Crippen LogP contribution in [-0.4, -0.2) is 47.2 Å². The molecule has 0 saturated carbocycles. The van der Waals surface area contributed by atoms with Crippen LogP contribution in [0.1, 0.15) is 42.3 Å². The van der Waals surface area contributed by atoms with E-state index in [0.29, 0.717) is 24.3 Å². The maximum Gasteiger partial charge on any atom is 0.267 e. The van der Waals surface area contributed by atoms with E-state index in [1.54, 1.807) is 18.2 Å². The lowest BCUT2D eigenvalue weighted by atomic mass is 9.86. The normalized spacial score (nSPS) is 11.5. The summed E-state index contributed by atoms with van der Waals surface area (Å²) in [6.45, 7) is 6.58. The summed E-state index contributed by atoms with van der Waals surface area (Å²) in [6.07, 6.45) is 0.478. The van der Waals surface area contributed by atoms with E-state index in [4.69, 9.17) is 21.7 Å². The van der Waals surface area contributed by atoms with E-state index in [0.717, 1.165) is 11.1 Å². The molecule has 3 N–H and O–H groups in total. The minimum absolute atomic E-state index is 0.0187. The molecule has 0 unspecified atom stereocenters. The Kier molecular flexibility index (Phi) is 8.68. The van der Waals surface area contributed by atoms with Gasteiger partial charge in [0.2, 0.25) is 0 Å². The zero-order chi connectivity index (χ0) is 24.8. The minimum atomic E-state index is -3.89. The molecule has 0 saturated heterocycles. The fraction of sp³-hybridized carbons (Fsp3) is 0.391. The standard InChI is InChI=1S/C23H31N3O5S2/c1-23(2,3)16-8-9-18(30-5)17(14-16)21(27)25-12-11-15-7-10-20(19(13-15)31-6)33(28,29)26-22(32)24-4/h7-10,13-14H,11-12H2,1-6H3,(H,25,27)(H2,24,26,32). The number of nitrogens with one attached hydrogen (secondary N) is 3. The van der Waals surface area contributed by atoms with E-state index in [-0.39, 0.29) is 27.1 Å². The van der Waals surface area contributed by atoms with Crippen LogP contribution in [0.3, 0.4) is 0 Å². The second-order valence-corrected chi connectivity index (χ2v) is 10.4. The number of carbonyl (C=O) groups excluding carboxylic acids is 1. The van der Waals surface area contributed by atoms with Crippen LogP contribution in [0.2, 0.25) is 0 Å². The molecular weight excluding hydrogens is 462 g/mol. The number of amides is 1. The van der Waals surface area contributed by atoms with Crippen LogP contribution in [0, 0.1) is 0 Å². The Labute approximate surface area is 201 Å². The summed E-state index contributed by atoms with van der Waals surface area (Å²) in [6, 6.07) is 10.4. The van der Waals surface area contributed by atoms with Gasteiger partial charge in [-0.25, -0.2) is 8.42 Å². The Morgan fingerprint density at radius 3 is 2.27 bits per heavy atom. The van der Waals surface area contributed by atoms with Gasteiger partial charge in [0.25, 0.3) is 15.9 Å². The highest BCUT2D eigenvalue weighted by Gasteiger charge is 2.21. The van der Waals surface area contributed by atoms with Crippen LogP contribution < -0.4 is 24.8 Å². The number of sulfonamides is 1. The Hall–Kier alpha value is -2.85. The average Bonchev–Trinajstić information content (AvgIpc) is 2.77. The molecule has 2 rings (SSSR count). The topological polar surface area (TPSA) is 106 Å². The molecule has 0 aliphatic heterocycles. The Balaban J connectivity index is 2.13. The van der Waals surface area contributed by atoms with E-state index >= 15 is 0 Å². The van der Waals surface area contributed by atoms with Gasteiger partial charge < -0.3 is 20.1 Å². The third kappa shape index (κ3) is 6.82. The van der Waals surface area contributed by atoms with Crippen molar-refractivity contribution < 1.29 is 22.7 Å². The summed E-state index contributed by atoms with van der Waals surface area (Å²) in [7, 11) is 0.559. The maximum atomic E-state index is 12.8. The second kappa shape index (κ2) is 10.8. The molecule has 2 aromatic carbocycles. The summed E-state index contributed by atoms with van der Waals surface area (Å²) in [5.41, 5.74) is 2.20. The first-order valence-corrected chi connectivity index (χ1v) is 12.2. The van der Waals surface area contributed by atoms with Crippen molar-refractivity contribution in [1.82, 2.24) is 15.4 Å². The molecule has 0 bridgehead atoms. The van der Waals surface area contributed by atoms with Gasteiger partial charge in [0.1, 0.15) is 16.4 Å². The Bertz CT molecular complexity index is 1130. The van der Waals surface area contributed by atoms with Crippen molar-refractivity contribution in [1.29, 1.82) is 0 Å². The molecule has 1 amide bonds. The number of hydrogen-bond acceptors (Lipinski definition) is 6. The van der Waals surface area contributed by atoms with Gasteiger partial charge >= 0.3 is 0 Å². The van der Waals surface area contributed by atoms with Gasteiger partial charge in [-0.05, 0) is 59.4 Å². The van der Waals surface area contributed by atoms with E-state index in [1.165, 1.54) is 27.3 Å². The first-order chi connectivity index (χ1) is 15.4. The minimum Gasteiger partial charge on any atom is -0.496 e. The molecule has 0 fully saturated rings. The van der Waals surface area contributed by atoms with Crippen molar-refractivity contribution in [3.63, 3.8) is 0 Å². The fourth-order valence-corrected chi connectivity index (χ4v) is 4.52. The van der Waals surface area contributed by atoms with Crippen LogP contribution in [0.5, 0.6) is 11.5 Å². The molecule has 2 aromatic rings. The van der Waals surface area contributed by atoms with Crippen molar-refractivity contribution >= 4 is 33.3 Å².